The Kier molecular flexibility index (Phi) is 4.60. The fourth-order valence-corrected chi connectivity index (χ4v) is 3.33. The number of benzene rings is 1. The van der Waals surface area contributed by atoms with Gasteiger partial charge in [-0.15, -0.1) is 0 Å². The predicted octanol–water partition coefficient (Wildman–Crippen LogP) is 4.21. The molecule has 0 radical (unpaired) electrons. The molecule has 0 bridgehead atoms. The van der Waals surface area contributed by atoms with Crippen molar-refractivity contribution in [3.05, 3.63) is 23.8 Å². The molecule has 0 aliphatic carbocycles. The number of imidazole rings is 1. The third-order valence-electron chi connectivity index (χ3n) is 4.39. The molecule has 0 spiro atoms. The highest BCUT2D eigenvalue weighted by Crippen LogP contribution is 2.33. The number of nitrogens with one attached hydrogen (secondary N) is 1. The Morgan fingerprint density at radius 2 is 2.04 bits per heavy atom. The van der Waals surface area contributed by atoms with Crippen LogP contribution in [0.25, 0.3) is 21.9 Å². The van der Waals surface area contributed by atoms with Crippen LogP contribution in [0.15, 0.2) is 18.2 Å². The second kappa shape index (κ2) is 6.67. The van der Waals surface area contributed by atoms with Crippen molar-refractivity contribution < 1.29 is 0 Å². The topological polar surface area (TPSA) is 68.8 Å². The fraction of sp³-hybridized carbons (Fsp3) is 0.474. The number of hydrogen-bond donors (Lipinski definition) is 2. The van der Waals surface area contributed by atoms with E-state index in [-0.39, 0.29) is 0 Å². The first kappa shape index (κ1) is 16.6. The van der Waals surface area contributed by atoms with Crippen molar-refractivity contribution in [1.29, 1.82) is 0 Å². The van der Waals surface area contributed by atoms with Crippen LogP contribution in [0, 0.1) is 5.92 Å². The third-order valence-corrected chi connectivity index (χ3v) is 4.39. The first-order valence-electron chi connectivity index (χ1n) is 8.81. The number of nitrogen functional groups attached to an aromatic ring is 1. The first-order valence-corrected chi connectivity index (χ1v) is 8.81. The zero-order valence-corrected chi connectivity index (χ0v) is 15.1. The van der Waals surface area contributed by atoms with Gasteiger partial charge in [-0.05, 0) is 30.4 Å². The van der Waals surface area contributed by atoms with E-state index in [0.717, 1.165) is 35.5 Å². The molecule has 24 heavy (non-hydrogen) atoms. The predicted molar refractivity (Wildman–Crippen MR) is 102 cm³/mol. The van der Waals surface area contributed by atoms with Gasteiger partial charge < -0.3 is 15.6 Å². The van der Waals surface area contributed by atoms with E-state index in [2.05, 4.69) is 47.8 Å². The molecule has 0 fully saturated rings. The molecule has 1 aromatic carbocycles. The van der Waals surface area contributed by atoms with Crippen LogP contribution in [0.5, 0.6) is 0 Å². The molecule has 3 rings (SSSR count). The molecule has 128 valence electrons. The lowest BCUT2D eigenvalue weighted by Gasteiger charge is -2.14. The van der Waals surface area contributed by atoms with Crippen molar-refractivity contribution in [2.75, 3.05) is 18.1 Å². The monoisotopic (exact) mass is 325 g/mol. The SMILES string of the molecule is CCCCc1cccc2nc(N)c3nc(NC)n(CC(C)C)c3c12. The number of rotatable bonds is 6. The maximum atomic E-state index is 6.23. The number of aryl methyl sites for hydroxylation is 1. The number of fused-ring (bicyclic) bond motifs is 3. The van der Waals surface area contributed by atoms with Crippen molar-refractivity contribution in [3.8, 4) is 0 Å². The van der Waals surface area contributed by atoms with Crippen LogP contribution in [0.3, 0.4) is 0 Å². The lowest BCUT2D eigenvalue weighted by molar-refractivity contribution is 0.537. The molecular formula is C19H27N5. The van der Waals surface area contributed by atoms with Crippen LogP contribution >= 0.6 is 0 Å². The zero-order valence-electron chi connectivity index (χ0n) is 15.1. The summed E-state index contributed by atoms with van der Waals surface area (Å²) in [6.45, 7) is 7.55. The Morgan fingerprint density at radius 3 is 2.71 bits per heavy atom. The van der Waals surface area contributed by atoms with E-state index in [1.165, 1.54) is 23.8 Å². The van der Waals surface area contributed by atoms with Gasteiger partial charge in [-0.1, -0.05) is 39.3 Å². The average Bonchev–Trinajstić information content (AvgIpc) is 2.91. The van der Waals surface area contributed by atoms with Gasteiger partial charge in [0.2, 0.25) is 5.95 Å². The normalized spacial score (nSPS) is 11.7. The third kappa shape index (κ3) is 2.79. The Balaban J connectivity index is 2.39. The second-order valence-corrected chi connectivity index (χ2v) is 6.80. The summed E-state index contributed by atoms with van der Waals surface area (Å²) in [4.78, 5) is 9.33. The van der Waals surface area contributed by atoms with Crippen molar-refractivity contribution in [2.45, 2.75) is 46.6 Å². The minimum Gasteiger partial charge on any atom is -0.382 e. The molecule has 0 aliphatic heterocycles. The summed E-state index contributed by atoms with van der Waals surface area (Å²) in [6.07, 6.45) is 3.40. The van der Waals surface area contributed by atoms with Crippen molar-refractivity contribution in [2.24, 2.45) is 5.92 Å². The van der Waals surface area contributed by atoms with Crippen LogP contribution in [0.1, 0.15) is 39.2 Å². The highest BCUT2D eigenvalue weighted by molar-refractivity contribution is 6.09. The number of nitrogens with two attached hydrogens (primary N) is 1. The molecule has 2 heterocycles. The van der Waals surface area contributed by atoms with Crippen LogP contribution in [-0.4, -0.2) is 21.6 Å². The summed E-state index contributed by atoms with van der Waals surface area (Å²) < 4.78 is 2.26. The highest BCUT2D eigenvalue weighted by atomic mass is 15.2. The van der Waals surface area contributed by atoms with Gasteiger partial charge in [0.05, 0.1) is 11.0 Å². The van der Waals surface area contributed by atoms with E-state index in [1.54, 1.807) is 0 Å². The summed E-state index contributed by atoms with van der Waals surface area (Å²) in [5, 5.41) is 4.41. The smallest absolute Gasteiger partial charge is 0.203 e. The minimum atomic E-state index is 0.504. The summed E-state index contributed by atoms with van der Waals surface area (Å²) in [5.74, 6) is 1.87. The molecule has 2 aromatic heterocycles. The molecule has 0 atom stereocenters. The van der Waals surface area contributed by atoms with Gasteiger partial charge >= 0.3 is 0 Å². The molecular weight excluding hydrogens is 298 g/mol. The molecule has 0 saturated heterocycles. The molecule has 0 saturated carbocycles. The van der Waals surface area contributed by atoms with Crippen LogP contribution in [-0.2, 0) is 13.0 Å². The second-order valence-electron chi connectivity index (χ2n) is 6.80. The largest absolute Gasteiger partial charge is 0.382 e. The van der Waals surface area contributed by atoms with E-state index >= 15 is 0 Å². The van der Waals surface area contributed by atoms with Crippen molar-refractivity contribution in [3.63, 3.8) is 0 Å². The highest BCUT2D eigenvalue weighted by Gasteiger charge is 2.19. The van der Waals surface area contributed by atoms with Gasteiger partial charge in [-0.2, -0.15) is 0 Å². The molecule has 5 heteroatoms. The standard InChI is InChI=1S/C19H27N5/c1-5-6-8-13-9-7-10-14-15(13)17-16(18(20)22-14)23-19(21-4)24(17)11-12(2)3/h7,9-10,12H,5-6,8,11H2,1-4H3,(H2,20,22)(H,21,23). The Labute approximate surface area is 143 Å². The number of unbranched alkanes of at least 4 members (excludes halogenated alkanes) is 1. The number of nitrogens with zero attached hydrogens (tertiary/aromatic N) is 3. The maximum absolute atomic E-state index is 6.23. The van der Waals surface area contributed by atoms with Crippen LogP contribution in [0.2, 0.25) is 0 Å². The summed E-state index contributed by atoms with van der Waals surface area (Å²) in [6, 6.07) is 6.33. The molecule has 0 aliphatic rings. The molecule has 3 aromatic rings. The van der Waals surface area contributed by atoms with E-state index in [9.17, 15) is 0 Å². The lowest BCUT2D eigenvalue weighted by Crippen LogP contribution is -2.09. The van der Waals surface area contributed by atoms with E-state index in [1.807, 2.05) is 13.1 Å². The Hall–Kier alpha value is -2.30. The maximum Gasteiger partial charge on any atom is 0.203 e. The van der Waals surface area contributed by atoms with Gasteiger partial charge in [0, 0.05) is 19.0 Å². The average molecular weight is 325 g/mol. The van der Waals surface area contributed by atoms with Crippen LogP contribution < -0.4 is 11.1 Å². The Bertz CT molecular complexity index is 863. The number of hydrogen-bond acceptors (Lipinski definition) is 4. The number of anilines is 2. The van der Waals surface area contributed by atoms with Gasteiger partial charge in [-0.25, -0.2) is 9.97 Å². The van der Waals surface area contributed by atoms with E-state index < -0.39 is 0 Å². The quantitative estimate of drug-likeness (QED) is 0.712. The Morgan fingerprint density at radius 1 is 1.25 bits per heavy atom. The lowest BCUT2D eigenvalue weighted by atomic mass is 10.0. The van der Waals surface area contributed by atoms with Gasteiger partial charge in [0.15, 0.2) is 5.82 Å². The summed E-state index contributed by atoms with van der Waals surface area (Å²) >= 11 is 0. The van der Waals surface area contributed by atoms with Crippen molar-refractivity contribution >= 4 is 33.7 Å². The first-order chi connectivity index (χ1) is 11.6. The minimum absolute atomic E-state index is 0.504. The summed E-state index contributed by atoms with van der Waals surface area (Å²) in [5.41, 5.74) is 10.4. The zero-order chi connectivity index (χ0) is 17.3. The van der Waals surface area contributed by atoms with E-state index in [0.29, 0.717) is 11.7 Å². The van der Waals surface area contributed by atoms with Gasteiger partial charge in [-0.3, -0.25) is 0 Å². The summed E-state index contributed by atoms with van der Waals surface area (Å²) in [7, 11) is 1.90. The van der Waals surface area contributed by atoms with Crippen LogP contribution in [0.4, 0.5) is 11.8 Å². The fourth-order valence-electron chi connectivity index (χ4n) is 3.33. The number of pyridine rings is 1. The van der Waals surface area contributed by atoms with Crippen molar-refractivity contribution in [1.82, 2.24) is 14.5 Å². The van der Waals surface area contributed by atoms with Gasteiger partial charge in [0.1, 0.15) is 5.52 Å². The molecule has 3 N–H and O–H groups in total. The van der Waals surface area contributed by atoms with E-state index in [4.69, 9.17) is 10.7 Å². The molecule has 0 unspecified atom stereocenters. The molecule has 0 amide bonds. The number of aromatic nitrogens is 3. The van der Waals surface area contributed by atoms with Gasteiger partial charge in [0.25, 0.3) is 0 Å². The molecule has 5 nitrogen and oxygen atoms in total.